The smallest absolute Gasteiger partial charge is 0.0313 e. The fourth-order valence-electron chi connectivity index (χ4n) is 0.542. The van der Waals surface area contributed by atoms with Crippen LogP contribution in [0.15, 0.2) is 37.5 Å². The van der Waals surface area contributed by atoms with Crippen molar-refractivity contribution >= 4 is 0 Å². The van der Waals surface area contributed by atoms with Crippen molar-refractivity contribution in [1.82, 2.24) is 0 Å². The predicted octanol–water partition coefficient (Wildman–Crippen LogP) is 4.75. The number of rotatable bonds is 0. The van der Waals surface area contributed by atoms with Crippen LogP contribution < -0.4 is 0 Å². The first-order chi connectivity index (χ1) is 6.00. The van der Waals surface area contributed by atoms with Crippen molar-refractivity contribution in [3.63, 3.8) is 0 Å². The van der Waals surface area contributed by atoms with Crippen molar-refractivity contribution in [2.75, 3.05) is 0 Å². The lowest BCUT2D eigenvalue weighted by molar-refractivity contribution is 1.04. The van der Waals surface area contributed by atoms with E-state index in [0.717, 1.165) is 0 Å². The van der Waals surface area contributed by atoms with Gasteiger partial charge in [0.1, 0.15) is 0 Å². The molecule has 0 heteroatoms. The van der Waals surface area contributed by atoms with Gasteiger partial charge in [0.15, 0.2) is 0 Å². The molecular formula is C12H24. The maximum absolute atomic E-state index is 3.00. The Hall–Kier alpha value is -0.780. The van der Waals surface area contributed by atoms with Gasteiger partial charge < -0.3 is 0 Å². The highest BCUT2D eigenvalue weighted by Gasteiger charge is 1.77. The van der Waals surface area contributed by atoms with Gasteiger partial charge in [-0.1, -0.05) is 52.0 Å². The standard InChI is InChI=1S/C6H8.2C2H6.C2H4/c1-2-4-6-5-3-1;3*1-2/h1-4H,5-6H2;2*1-2H3;1-2H2. The van der Waals surface area contributed by atoms with Crippen LogP contribution in [0.4, 0.5) is 0 Å². The summed E-state index contributed by atoms with van der Waals surface area (Å²) in [6.07, 6.45) is 11.0. The van der Waals surface area contributed by atoms with E-state index in [-0.39, 0.29) is 0 Å². The molecule has 0 unspecified atom stereocenters. The van der Waals surface area contributed by atoms with Gasteiger partial charge in [0.25, 0.3) is 0 Å². The molecule has 0 aromatic carbocycles. The van der Waals surface area contributed by atoms with Crippen LogP contribution in [0.1, 0.15) is 40.5 Å². The molecule has 72 valence electrons. The van der Waals surface area contributed by atoms with Crippen LogP contribution in [0.5, 0.6) is 0 Å². The third-order valence-electron chi connectivity index (χ3n) is 0.883. The first-order valence-corrected chi connectivity index (χ1v) is 4.82. The Morgan fingerprint density at radius 3 is 1.08 bits per heavy atom. The highest BCUT2D eigenvalue weighted by atomic mass is 13.8. The zero-order chi connectivity index (χ0) is 10.2. The van der Waals surface area contributed by atoms with Crippen LogP contribution >= 0.6 is 0 Å². The molecule has 0 spiro atoms. The Labute approximate surface area is 78.7 Å². The van der Waals surface area contributed by atoms with Crippen molar-refractivity contribution in [3.8, 4) is 0 Å². The monoisotopic (exact) mass is 168 g/mol. The van der Waals surface area contributed by atoms with Gasteiger partial charge in [-0.3, -0.25) is 0 Å². The largest absolute Gasteiger partial charge is 0.106 e. The molecule has 0 amide bonds. The van der Waals surface area contributed by atoms with Gasteiger partial charge in [-0.2, -0.15) is 0 Å². The Morgan fingerprint density at radius 2 is 1.00 bits per heavy atom. The normalized spacial score (nSPS) is 10.7. The molecule has 0 heterocycles. The Balaban J connectivity index is -0.000000117. The number of hydrogen-bond donors (Lipinski definition) is 0. The summed E-state index contributed by atoms with van der Waals surface area (Å²) in [5.74, 6) is 0. The summed E-state index contributed by atoms with van der Waals surface area (Å²) in [6, 6.07) is 0. The van der Waals surface area contributed by atoms with Crippen LogP contribution in [-0.2, 0) is 0 Å². The Bertz CT molecular complexity index is 76.2. The van der Waals surface area contributed by atoms with E-state index < -0.39 is 0 Å². The van der Waals surface area contributed by atoms with E-state index in [1.807, 2.05) is 27.7 Å². The Kier molecular flexibility index (Phi) is 46.1. The molecule has 12 heavy (non-hydrogen) atoms. The van der Waals surface area contributed by atoms with E-state index in [9.17, 15) is 0 Å². The second kappa shape index (κ2) is 31.9. The fraction of sp³-hybridized carbons (Fsp3) is 0.500. The first-order valence-electron chi connectivity index (χ1n) is 4.82. The highest BCUT2D eigenvalue weighted by molar-refractivity contribution is 5.07. The molecule has 0 saturated carbocycles. The molecule has 0 aliphatic heterocycles. The molecule has 1 aliphatic rings. The lowest BCUT2D eigenvalue weighted by atomic mass is 10.2. The van der Waals surface area contributed by atoms with Gasteiger partial charge in [0.2, 0.25) is 0 Å². The van der Waals surface area contributed by atoms with Crippen LogP contribution in [0.3, 0.4) is 0 Å². The Morgan fingerprint density at radius 1 is 0.750 bits per heavy atom. The van der Waals surface area contributed by atoms with E-state index in [2.05, 4.69) is 37.5 Å². The maximum atomic E-state index is 3.00. The SMILES string of the molecule is C1=CCCC=C1.C=C.CC.CC. The maximum Gasteiger partial charge on any atom is -0.0313 e. The van der Waals surface area contributed by atoms with Crippen molar-refractivity contribution in [3.05, 3.63) is 37.5 Å². The second-order valence-corrected chi connectivity index (χ2v) is 1.43. The lowest BCUT2D eigenvalue weighted by Gasteiger charge is -1.88. The van der Waals surface area contributed by atoms with Gasteiger partial charge in [0, 0.05) is 0 Å². The topological polar surface area (TPSA) is 0 Å². The highest BCUT2D eigenvalue weighted by Crippen LogP contribution is 1.98. The molecule has 0 aromatic heterocycles. The molecule has 0 fully saturated rings. The van der Waals surface area contributed by atoms with E-state index >= 15 is 0 Å². The van der Waals surface area contributed by atoms with Crippen LogP contribution in [0.25, 0.3) is 0 Å². The molecule has 0 radical (unpaired) electrons. The molecule has 0 aromatic rings. The van der Waals surface area contributed by atoms with Crippen molar-refractivity contribution in [2.45, 2.75) is 40.5 Å². The molecule has 0 N–H and O–H groups in total. The summed E-state index contributed by atoms with van der Waals surface area (Å²) < 4.78 is 0. The van der Waals surface area contributed by atoms with Gasteiger partial charge in [-0.25, -0.2) is 0 Å². The molecule has 0 nitrogen and oxygen atoms in total. The van der Waals surface area contributed by atoms with Gasteiger partial charge >= 0.3 is 0 Å². The number of allylic oxidation sites excluding steroid dienone is 4. The van der Waals surface area contributed by atoms with Crippen molar-refractivity contribution < 1.29 is 0 Å². The lowest BCUT2D eigenvalue weighted by Crippen LogP contribution is -1.67. The zero-order valence-corrected chi connectivity index (χ0v) is 9.14. The van der Waals surface area contributed by atoms with Gasteiger partial charge in [-0.15, -0.1) is 13.2 Å². The van der Waals surface area contributed by atoms with Crippen LogP contribution in [0.2, 0.25) is 0 Å². The third-order valence-corrected chi connectivity index (χ3v) is 0.883. The van der Waals surface area contributed by atoms with E-state index in [1.165, 1.54) is 12.8 Å². The van der Waals surface area contributed by atoms with E-state index in [0.29, 0.717) is 0 Å². The average Bonchev–Trinajstić information content (AvgIpc) is 2.29. The zero-order valence-electron chi connectivity index (χ0n) is 9.14. The third kappa shape index (κ3) is 22.9. The summed E-state index contributed by atoms with van der Waals surface area (Å²) in [5, 5.41) is 0. The average molecular weight is 168 g/mol. The summed E-state index contributed by atoms with van der Waals surface area (Å²) in [6.45, 7) is 14.0. The van der Waals surface area contributed by atoms with Crippen molar-refractivity contribution in [1.29, 1.82) is 0 Å². The summed E-state index contributed by atoms with van der Waals surface area (Å²) >= 11 is 0. The van der Waals surface area contributed by atoms with E-state index in [1.54, 1.807) is 0 Å². The summed E-state index contributed by atoms with van der Waals surface area (Å²) in [5.41, 5.74) is 0. The van der Waals surface area contributed by atoms with Crippen LogP contribution in [0, 0.1) is 0 Å². The van der Waals surface area contributed by atoms with Gasteiger partial charge in [-0.05, 0) is 12.8 Å². The molecule has 1 rings (SSSR count). The molecule has 1 aliphatic carbocycles. The van der Waals surface area contributed by atoms with Crippen LogP contribution in [-0.4, -0.2) is 0 Å². The first kappa shape index (κ1) is 17.3. The van der Waals surface area contributed by atoms with Gasteiger partial charge in [0.05, 0.1) is 0 Å². The molecule has 0 saturated heterocycles. The minimum atomic E-state index is 1.23. The molecule has 0 bridgehead atoms. The molecule has 0 atom stereocenters. The minimum Gasteiger partial charge on any atom is -0.106 e. The van der Waals surface area contributed by atoms with E-state index in [4.69, 9.17) is 0 Å². The fourth-order valence-corrected chi connectivity index (χ4v) is 0.542. The minimum absolute atomic E-state index is 1.23. The summed E-state index contributed by atoms with van der Waals surface area (Å²) in [4.78, 5) is 0. The summed E-state index contributed by atoms with van der Waals surface area (Å²) in [7, 11) is 0. The quantitative estimate of drug-likeness (QED) is 0.458. The predicted molar refractivity (Wildman–Crippen MR) is 61.5 cm³/mol. The molecular weight excluding hydrogens is 144 g/mol. The number of hydrogen-bond acceptors (Lipinski definition) is 0. The second-order valence-electron chi connectivity index (χ2n) is 1.43. The van der Waals surface area contributed by atoms with Crippen molar-refractivity contribution in [2.24, 2.45) is 0 Å².